The number of ether oxygens (including phenoxy) is 3. The summed E-state index contributed by atoms with van der Waals surface area (Å²) in [5.74, 6) is -1.29. The smallest absolute Gasteiger partial charge is 0.338 e. The largest absolute Gasteiger partial charge is 0.471 e. The van der Waals surface area contributed by atoms with Gasteiger partial charge in [-0.2, -0.15) is 8.78 Å². The molecule has 5 rings (SSSR count). The lowest BCUT2D eigenvalue weighted by atomic mass is 10.0. The summed E-state index contributed by atoms with van der Waals surface area (Å²) < 4.78 is 74.3. The molecule has 0 spiro atoms. The summed E-state index contributed by atoms with van der Waals surface area (Å²) in [6.45, 7) is 3.05. The third kappa shape index (κ3) is 9.30. The van der Waals surface area contributed by atoms with E-state index >= 15 is 8.78 Å². The summed E-state index contributed by atoms with van der Waals surface area (Å²) >= 11 is 0. The molecule has 2 aromatic carbocycles. The average molecular weight is 706 g/mol. The van der Waals surface area contributed by atoms with Gasteiger partial charge in [0.15, 0.2) is 0 Å². The van der Waals surface area contributed by atoms with Gasteiger partial charge in [0.2, 0.25) is 5.88 Å². The van der Waals surface area contributed by atoms with Crippen LogP contribution in [0, 0.1) is 11.6 Å². The Morgan fingerprint density at radius 1 is 1.04 bits per heavy atom. The van der Waals surface area contributed by atoms with Crippen LogP contribution in [0.5, 0.6) is 5.88 Å². The molecule has 51 heavy (non-hydrogen) atoms. The Hall–Kier alpha value is -5.70. The average Bonchev–Trinajstić information content (AvgIpc) is 3.43. The van der Waals surface area contributed by atoms with E-state index in [4.69, 9.17) is 19.9 Å². The molecule has 0 bridgehead atoms. The van der Waals surface area contributed by atoms with Crippen LogP contribution in [0.25, 0.3) is 27.9 Å². The number of hydrogen-bond acceptors (Lipinski definition) is 10. The number of nitrogens with zero attached hydrogens (tertiary/aromatic N) is 6. The number of imidazole rings is 1. The summed E-state index contributed by atoms with van der Waals surface area (Å²) in [6.07, 6.45) is 4.64. The molecular formula is C36H35F4N7O4. The number of benzene rings is 2. The number of fused-ring (bicyclic) bond motifs is 1. The lowest BCUT2D eigenvalue weighted by Crippen LogP contribution is -2.23. The highest BCUT2D eigenvalue weighted by molar-refractivity contribution is 6.08. The number of hydrogen-bond donors (Lipinski definition) is 1. The summed E-state index contributed by atoms with van der Waals surface area (Å²) in [5.41, 5.74) is 7.23. The lowest BCUT2D eigenvalue weighted by Gasteiger charge is -2.19. The van der Waals surface area contributed by atoms with Gasteiger partial charge in [0, 0.05) is 49.7 Å². The van der Waals surface area contributed by atoms with E-state index in [9.17, 15) is 13.6 Å². The number of nitrogens with two attached hydrogens (primary N) is 1. The molecule has 0 aliphatic heterocycles. The van der Waals surface area contributed by atoms with Crippen LogP contribution >= 0.6 is 0 Å². The van der Waals surface area contributed by atoms with Gasteiger partial charge < -0.3 is 24.5 Å². The van der Waals surface area contributed by atoms with Crippen LogP contribution in [0.1, 0.15) is 53.9 Å². The van der Waals surface area contributed by atoms with Crippen molar-refractivity contribution in [2.45, 2.75) is 52.5 Å². The molecule has 0 amide bonds. The molecule has 0 radical (unpaired) electrons. The van der Waals surface area contributed by atoms with E-state index in [1.54, 1.807) is 58.2 Å². The first-order valence-electron chi connectivity index (χ1n) is 15.7. The molecule has 3 heterocycles. The molecule has 0 unspecified atom stereocenters. The molecule has 3 aromatic heterocycles. The van der Waals surface area contributed by atoms with Gasteiger partial charge in [-0.1, -0.05) is 6.07 Å². The Labute approximate surface area is 290 Å². The number of halogens is 4. The molecule has 0 atom stereocenters. The topological polar surface area (TPSA) is 140 Å². The maximum absolute atomic E-state index is 15.6. The number of allylic oxidation sites excluding steroid dienone is 1. The fourth-order valence-corrected chi connectivity index (χ4v) is 5.00. The van der Waals surface area contributed by atoms with Crippen molar-refractivity contribution >= 4 is 28.8 Å². The van der Waals surface area contributed by atoms with E-state index in [1.165, 1.54) is 18.5 Å². The Balaban J connectivity index is 1.34. The second kappa shape index (κ2) is 15.9. The number of carbonyl (C=O) groups is 1. The minimum absolute atomic E-state index is 0.0405. The van der Waals surface area contributed by atoms with Crippen molar-refractivity contribution in [1.29, 1.82) is 0 Å². The number of rotatable bonds is 13. The van der Waals surface area contributed by atoms with Crippen molar-refractivity contribution in [3.8, 4) is 17.1 Å². The van der Waals surface area contributed by atoms with Crippen molar-refractivity contribution in [2.75, 3.05) is 13.7 Å². The van der Waals surface area contributed by atoms with E-state index in [1.807, 2.05) is 4.57 Å². The van der Waals surface area contributed by atoms with Crippen LogP contribution in [-0.4, -0.2) is 62.6 Å². The van der Waals surface area contributed by atoms with Gasteiger partial charge in [-0.3, -0.25) is 9.97 Å². The number of pyridine rings is 1. The van der Waals surface area contributed by atoms with E-state index in [2.05, 4.69) is 24.9 Å². The molecule has 15 heteroatoms. The Morgan fingerprint density at radius 3 is 2.53 bits per heavy atom. The molecule has 5 aromatic rings. The minimum Gasteiger partial charge on any atom is -0.471 e. The minimum atomic E-state index is -2.89. The van der Waals surface area contributed by atoms with E-state index in [0.29, 0.717) is 41.3 Å². The Morgan fingerprint density at radius 2 is 1.84 bits per heavy atom. The number of aromatic nitrogens is 5. The van der Waals surface area contributed by atoms with Crippen LogP contribution in [0.3, 0.4) is 0 Å². The highest BCUT2D eigenvalue weighted by Crippen LogP contribution is 2.28. The first kappa shape index (κ1) is 36.6. The normalized spacial score (nSPS) is 12.3. The van der Waals surface area contributed by atoms with E-state index < -0.39 is 29.8 Å². The maximum Gasteiger partial charge on any atom is 0.338 e. The standard InChI is InChI=1S/C36H35F4N7O4/c1-36(2,3)51-34(48)21-8-9-29-31(13-21)47(10-11-49-4)32(45-29)14-22-12-27(38)25(15-26(22)37)28-6-5-7-33(46-28)50-20-24-18-43-30(19-42-24)23(16-41)17-44-35(39)40/h5-9,12-13,15-19,35H,10-11,14,20,41H2,1-4H3/b23-16+,44-17+. The highest BCUT2D eigenvalue weighted by Gasteiger charge is 2.21. The molecule has 0 saturated carbocycles. The van der Waals surface area contributed by atoms with Crippen molar-refractivity contribution in [1.82, 2.24) is 24.5 Å². The van der Waals surface area contributed by atoms with Crippen molar-refractivity contribution < 1.29 is 36.6 Å². The van der Waals surface area contributed by atoms with Crippen LogP contribution in [0.15, 0.2) is 72.1 Å². The van der Waals surface area contributed by atoms with Gasteiger partial charge >= 0.3 is 12.5 Å². The van der Waals surface area contributed by atoms with Crippen LogP contribution < -0.4 is 10.5 Å². The highest BCUT2D eigenvalue weighted by atomic mass is 19.3. The molecule has 266 valence electrons. The molecule has 0 fully saturated rings. The molecular weight excluding hydrogens is 670 g/mol. The first-order valence-corrected chi connectivity index (χ1v) is 15.7. The zero-order valence-electron chi connectivity index (χ0n) is 28.2. The summed E-state index contributed by atoms with van der Waals surface area (Å²) in [4.78, 5) is 33.1. The Kier molecular flexibility index (Phi) is 11.4. The Bertz CT molecular complexity index is 2080. The first-order chi connectivity index (χ1) is 24.3. The third-order valence-corrected chi connectivity index (χ3v) is 7.34. The van der Waals surface area contributed by atoms with Gasteiger partial charge in [0.05, 0.1) is 52.7 Å². The monoisotopic (exact) mass is 705 g/mol. The number of alkyl halides is 2. The third-order valence-electron chi connectivity index (χ3n) is 7.34. The molecule has 0 aliphatic carbocycles. The zero-order valence-corrected chi connectivity index (χ0v) is 28.2. The van der Waals surface area contributed by atoms with E-state index in [0.717, 1.165) is 24.5 Å². The summed E-state index contributed by atoms with van der Waals surface area (Å²) in [6, 6.07) is 11.8. The van der Waals surface area contributed by atoms with Crippen LogP contribution in [0.4, 0.5) is 17.6 Å². The summed E-state index contributed by atoms with van der Waals surface area (Å²) in [5, 5.41) is 0. The summed E-state index contributed by atoms with van der Waals surface area (Å²) in [7, 11) is 1.55. The molecule has 2 N–H and O–H groups in total. The molecule has 11 nitrogen and oxygen atoms in total. The zero-order chi connectivity index (χ0) is 36.7. The number of carbonyl (C=O) groups excluding carboxylic acids is 1. The van der Waals surface area contributed by atoms with Crippen molar-refractivity contribution in [3.05, 3.63) is 107 Å². The number of esters is 1. The fourth-order valence-electron chi connectivity index (χ4n) is 5.00. The van der Waals surface area contributed by atoms with Crippen molar-refractivity contribution in [2.24, 2.45) is 10.7 Å². The predicted molar refractivity (Wildman–Crippen MR) is 182 cm³/mol. The second-order valence-corrected chi connectivity index (χ2v) is 12.2. The maximum atomic E-state index is 15.6. The van der Waals surface area contributed by atoms with Crippen LogP contribution in [-0.2, 0) is 29.0 Å². The predicted octanol–water partition coefficient (Wildman–Crippen LogP) is 6.53. The SMILES string of the molecule is COCCn1c(Cc2cc(F)c(-c3cccc(OCc4cnc(C(=C/N)/C=N/C(F)F)cn4)n3)cc2F)nc2ccc(C(=O)OC(C)(C)C)cc21. The van der Waals surface area contributed by atoms with Gasteiger partial charge in [-0.05, 0) is 62.7 Å². The fraction of sp³-hybridized carbons (Fsp3) is 0.278. The van der Waals surface area contributed by atoms with E-state index in [-0.39, 0.29) is 47.0 Å². The van der Waals surface area contributed by atoms with Gasteiger partial charge in [-0.25, -0.2) is 28.5 Å². The van der Waals surface area contributed by atoms with Crippen LogP contribution in [0.2, 0.25) is 0 Å². The van der Waals surface area contributed by atoms with Gasteiger partial charge in [0.1, 0.15) is 29.7 Å². The molecule has 0 aliphatic rings. The number of methoxy groups -OCH3 is 1. The van der Waals surface area contributed by atoms with Gasteiger partial charge in [-0.15, -0.1) is 0 Å². The number of aliphatic imine (C=N–C) groups is 1. The molecule has 0 saturated heterocycles. The lowest BCUT2D eigenvalue weighted by molar-refractivity contribution is 0.00695. The van der Waals surface area contributed by atoms with Gasteiger partial charge in [0.25, 0.3) is 0 Å². The quantitative estimate of drug-likeness (QED) is 0.0627. The van der Waals surface area contributed by atoms with Crippen molar-refractivity contribution in [3.63, 3.8) is 0 Å². The second-order valence-electron chi connectivity index (χ2n) is 12.2.